The minimum atomic E-state index is -2.97. The molecule has 0 aliphatic carbocycles. The van der Waals surface area contributed by atoms with E-state index in [0.29, 0.717) is 24.8 Å². The Labute approximate surface area is 222 Å². The van der Waals surface area contributed by atoms with Gasteiger partial charge in [0.2, 0.25) is 8.41 Å². The van der Waals surface area contributed by atoms with E-state index < -0.39 is 8.41 Å². The fourth-order valence-corrected chi connectivity index (χ4v) is 8.58. The van der Waals surface area contributed by atoms with Gasteiger partial charge in [-0.1, -0.05) is 36.4 Å². The fourth-order valence-electron chi connectivity index (χ4n) is 5.99. The van der Waals surface area contributed by atoms with Crippen LogP contribution in [0.25, 0.3) is 16.6 Å². The van der Waals surface area contributed by atoms with Crippen molar-refractivity contribution in [2.24, 2.45) is 5.92 Å². The molecular weight excluding hydrogens is 501 g/mol. The largest absolute Gasteiger partial charge is 0.396 e. The van der Waals surface area contributed by atoms with E-state index in [1.54, 1.807) is 22.5 Å². The number of aromatic nitrogens is 5. The fraction of sp³-hybridized carbons (Fsp3) is 0.464. The van der Waals surface area contributed by atoms with Crippen LogP contribution in [0.15, 0.2) is 59.5 Å². The van der Waals surface area contributed by atoms with Crippen molar-refractivity contribution >= 4 is 19.3 Å². The number of nitrogens with one attached hydrogen (secondary N) is 1. The van der Waals surface area contributed by atoms with E-state index in [2.05, 4.69) is 28.4 Å². The lowest BCUT2D eigenvalue weighted by molar-refractivity contribution is 0.0247. The van der Waals surface area contributed by atoms with Gasteiger partial charge in [-0.05, 0) is 68.1 Å². The first-order valence-corrected chi connectivity index (χ1v) is 16.3. The zero-order chi connectivity index (χ0) is 26.9. The van der Waals surface area contributed by atoms with Gasteiger partial charge in [-0.15, -0.1) is 5.10 Å². The van der Waals surface area contributed by atoms with Crippen molar-refractivity contribution in [3.8, 4) is 5.69 Å². The molecule has 0 spiro atoms. The van der Waals surface area contributed by atoms with Crippen molar-refractivity contribution in [1.82, 2.24) is 24.8 Å². The van der Waals surface area contributed by atoms with E-state index >= 15 is 4.11 Å². The number of aromatic amines is 1. The van der Waals surface area contributed by atoms with E-state index in [-0.39, 0.29) is 35.8 Å². The molecule has 0 radical (unpaired) electrons. The lowest BCUT2D eigenvalue weighted by Gasteiger charge is -2.28. The predicted octanol–water partition coefficient (Wildman–Crippen LogP) is 4.42. The van der Waals surface area contributed by atoms with Crippen LogP contribution in [0.4, 0.5) is 4.11 Å². The number of halogens is 1. The van der Waals surface area contributed by atoms with Crippen molar-refractivity contribution in [2.45, 2.75) is 70.0 Å². The van der Waals surface area contributed by atoms with Crippen LogP contribution in [0, 0.1) is 5.92 Å². The molecule has 8 nitrogen and oxygen atoms in total. The lowest BCUT2D eigenvalue weighted by atomic mass is 9.95. The minimum absolute atomic E-state index is 0.0346. The first-order valence-electron chi connectivity index (χ1n) is 13.4. The van der Waals surface area contributed by atoms with Crippen LogP contribution in [0.1, 0.15) is 31.0 Å². The summed E-state index contributed by atoms with van der Waals surface area (Å²) >= 11 is 0. The van der Waals surface area contributed by atoms with Gasteiger partial charge in [0.25, 0.3) is 5.56 Å². The van der Waals surface area contributed by atoms with Gasteiger partial charge >= 0.3 is 0 Å². The number of para-hydroxylation sites is 1. The number of ether oxygens (including phenoxy) is 1. The first-order chi connectivity index (χ1) is 18.2. The number of benzene rings is 2. The van der Waals surface area contributed by atoms with E-state index in [4.69, 9.17) is 9.84 Å². The third-order valence-corrected chi connectivity index (χ3v) is 10.3. The van der Waals surface area contributed by atoms with Crippen LogP contribution in [0.5, 0.6) is 0 Å². The molecule has 0 bridgehead atoms. The van der Waals surface area contributed by atoms with Gasteiger partial charge in [0.15, 0.2) is 0 Å². The van der Waals surface area contributed by atoms with Crippen LogP contribution >= 0.6 is 0 Å². The van der Waals surface area contributed by atoms with Crippen LogP contribution in [-0.4, -0.2) is 57.1 Å². The second-order valence-corrected chi connectivity index (χ2v) is 14.7. The summed E-state index contributed by atoms with van der Waals surface area (Å²) in [7, 11) is -2.97. The number of aliphatic hydroxyl groups is 1. The molecule has 0 saturated carbocycles. The third kappa shape index (κ3) is 5.52. The number of nitrogens with zero attached hydrogens (tertiary/aromatic N) is 4. The highest BCUT2D eigenvalue weighted by molar-refractivity contribution is 6.72. The smallest absolute Gasteiger partial charge is 0.279 e. The van der Waals surface area contributed by atoms with Crippen LogP contribution < -0.4 is 5.56 Å². The maximum atomic E-state index is 15.5. The summed E-state index contributed by atoms with van der Waals surface area (Å²) in [4.78, 5) is 12.9. The maximum Gasteiger partial charge on any atom is 0.279 e. The Hall–Kier alpha value is -3.08. The quantitative estimate of drug-likeness (QED) is 0.231. The highest BCUT2D eigenvalue weighted by atomic mass is 28.4. The van der Waals surface area contributed by atoms with E-state index in [1.165, 1.54) is 0 Å². The summed E-state index contributed by atoms with van der Waals surface area (Å²) in [6, 6.07) is 15.5. The van der Waals surface area contributed by atoms with Gasteiger partial charge in [-0.3, -0.25) is 14.6 Å². The molecule has 4 aromatic rings. The second-order valence-electron chi connectivity index (χ2n) is 10.9. The van der Waals surface area contributed by atoms with Crippen molar-refractivity contribution < 1.29 is 14.0 Å². The van der Waals surface area contributed by atoms with Crippen molar-refractivity contribution in [1.29, 1.82) is 0 Å². The average molecular weight is 538 g/mol. The van der Waals surface area contributed by atoms with Gasteiger partial charge in [0.1, 0.15) is 0 Å². The molecule has 2 aromatic carbocycles. The Kier molecular flexibility index (Phi) is 7.65. The minimum Gasteiger partial charge on any atom is -0.396 e. The summed E-state index contributed by atoms with van der Waals surface area (Å²) in [5.74, 6) is 0.117. The molecule has 4 atom stereocenters. The molecule has 0 amide bonds. The molecule has 10 heteroatoms. The Bertz CT molecular complexity index is 1440. The number of aliphatic hydroxyl groups excluding tert-OH is 1. The topological polar surface area (TPSA) is 98.0 Å². The standard InChI is InChI=1S/C28H36FN5O3Si/c1-19-25(37-26(27(19)38(2,3)29)13-15-33-18-21(14-16-35)30-32-33)12-11-20-7-6-8-22(17-20)34-28(36)23-9-4-5-10-24(23)31-34/h4-10,17-19,25-27,31,35H,11-16H2,1-3H3/t19-,25+,26-,27+/m1/s1. The van der Waals surface area contributed by atoms with E-state index in [0.717, 1.165) is 35.3 Å². The highest BCUT2D eigenvalue weighted by Crippen LogP contribution is 2.47. The molecule has 3 heterocycles. The van der Waals surface area contributed by atoms with Crippen molar-refractivity contribution in [3.05, 3.63) is 76.3 Å². The molecule has 1 aliphatic heterocycles. The normalized spacial score (nSPS) is 21.9. The lowest BCUT2D eigenvalue weighted by Crippen LogP contribution is -2.36. The molecule has 2 N–H and O–H groups in total. The second kappa shape index (κ2) is 11.0. The first kappa shape index (κ1) is 26.5. The summed E-state index contributed by atoms with van der Waals surface area (Å²) < 4.78 is 25.3. The van der Waals surface area contributed by atoms with Crippen molar-refractivity contribution in [2.75, 3.05) is 6.61 Å². The number of hydrogen-bond donors (Lipinski definition) is 2. The molecule has 202 valence electrons. The Balaban J connectivity index is 1.27. The van der Waals surface area contributed by atoms with Gasteiger partial charge in [0.05, 0.1) is 34.5 Å². The van der Waals surface area contributed by atoms with E-state index in [1.807, 2.05) is 48.7 Å². The predicted molar refractivity (Wildman–Crippen MR) is 148 cm³/mol. The van der Waals surface area contributed by atoms with Crippen molar-refractivity contribution in [3.63, 3.8) is 0 Å². The Morgan fingerprint density at radius 3 is 2.68 bits per heavy atom. The SMILES string of the molecule is C[C@H]1[C@H]([Si](C)(C)F)[C@@H](CCn2cc(CCO)nn2)O[C@H]1CCc1cccc(-n2[nH]c3ccccc3c2=O)c1. The number of hydrogen-bond acceptors (Lipinski definition) is 5. The van der Waals surface area contributed by atoms with Gasteiger partial charge in [0, 0.05) is 31.3 Å². The van der Waals surface area contributed by atoms with Gasteiger partial charge in [-0.25, -0.2) is 4.68 Å². The summed E-state index contributed by atoms with van der Waals surface area (Å²) in [5.41, 5.74) is 3.30. The number of rotatable bonds is 10. The molecule has 1 fully saturated rings. The number of H-pyrrole nitrogens is 1. The molecule has 1 saturated heterocycles. The van der Waals surface area contributed by atoms with Crippen LogP contribution in [0.3, 0.4) is 0 Å². The van der Waals surface area contributed by atoms with Crippen LogP contribution in [-0.2, 0) is 24.1 Å². The van der Waals surface area contributed by atoms with Gasteiger partial charge in [-0.2, -0.15) is 0 Å². The molecule has 0 unspecified atom stereocenters. The molecule has 2 aromatic heterocycles. The van der Waals surface area contributed by atoms with E-state index in [9.17, 15) is 4.79 Å². The number of aryl methyl sites for hydroxylation is 2. The molecule has 5 rings (SSSR count). The maximum absolute atomic E-state index is 15.5. The van der Waals surface area contributed by atoms with Crippen LogP contribution in [0.2, 0.25) is 18.6 Å². The third-order valence-electron chi connectivity index (χ3n) is 7.77. The Morgan fingerprint density at radius 1 is 1.11 bits per heavy atom. The zero-order valence-electron chi connectivity index (χ0n) is 22.2. The summed E-state index contributed by atoms with van der Waals surface area (Å²) in [5, 5.41) is 21.2. The highest BCUT2D eigenvalue weighted by Gasteiger charge is 2.50. The monoisotopic (exact) mass is 537 g/mol. The Morgan fingerprint density at radius 2 is 1.92 bits per heavy atom. The molecule has 1 aliphatic rings. The molecule has 38 heavy (non-hydrogen) atoms. The van der Waals surface area contributed by atoms with Gasteiger partial charge < -0.3 is 14.0 Å². The summed E-state index contributed by atoms with van der Waals surface area (Å²) in [6.07, 6.45) is 4.35. The zero-order valence-corrected chi connectivity index (χ0v) is 23.2. The molecular formula is C28H36FN5O3Si. The number of fused-ring (bicyclic) bond motifs is 1. The summed E-state index contributed by atoms with van der Waals surface area (Å²) in [6.45, 7) is 6.32. The average Bonchev–Trinajstić information content (AvgIpc) is 3.57.